The third-order valence-electron chi connectivity index (χ3n) is 3.27. The van der Waals surface area contributed by atoms with Crippen LogP contribution in [0.15, 0.2) is 51.8 Å². The highest BCUT2D eigenvalue weighted by atomic mass is 79.9. The van der Waals surface area contributed by atoms with Gasteiger partial charge in [0.1, 0.15) is 5.75 Å². The monoisotopic (exact) mass is 446 g/mol. The summed E-state index contributed by atoms with van der Waals surface area (Å²) in [5.74, 6) is -0.0365. The van der Waals surface area contributed by atoms with Crippen molar-refractivity contribution < 1.29 is 17.9 Å². The van der Waals surface area contributed by atoms with Gasteiger partial charge in [0, 0.05) is 10.2 Å². The Kier molecular flexibility index (Phi) is 6.45. The zero-order chi connectivity index (χ0) is 18.6. The van der Waals surface area contributed by atoms with E-state index in [-0.39, 0.29) is 4.90 Å². The van der Waals surface area contributed by atoms with E-state index in [4.69, 9.17) is 16.3 Å². The molecule has 0 radical (unpaired) electrons. The maximum Gasteiger partial charge on any atom is 0.242 e. The number of halogens is 2. The van der Waals surface area contributed by atoms with Crippen LogP contribution in [0.25, 0.3) is 0 Å². The van der Waals surface area contributed by atoms with Gasteiger partial charge in [0.05, 0.1) is 23.1 Å². The molecule has 9 heteroatoms. The predicted molar refractivity (Wildman–Crippen MR) is 101 cm³/mol. The molecule has 1 atom stereocenters. The first-order chi connectivity index (χ1) is 11.7. The number of ether oxygens (including phenoxy) is 1. The molecule has 2 aromatic carbocycles. The molecule has 0 unspecified atom stereocenters. The van der Waals surface area contributed by atoms with Crippen molar-refractivity contribution in [2.24, 2.45) is 0 Å². The number of carbonyl (C=O) groups is 1. The molecule has 0 bridgehead atoms. The van der Waals surface area contributed by atoms with Gasteiger partial charge < -0.3 is 10.1 Å². The van der Waals surface area contributed by atoms with E-state index in [1.165, 1.54) is 32.2 Å². The molecule has 25 heavy (non-hydrogen) atoms. The van der Waals surface area contributed by atoms with Crippen molar-refractivity contribution in [3.05, 3.63) is 52.0 Å². The first-order valence-corrected chi connectivity index (χ1v) is 9.80. The highest BCUT2D eigenvalue weighted by Crippen LogP contribution is 2.27. The smallest absolute Gasteiger partial charge is 0.242 e. The van der Waals surface area contributed by atoms with Gasteiger partial charge in [0.15, 0.2) is 0 Å². The Balaban J connectivity index is 2.07. The Morgan fingerprint density at radius 3 is 2.40 bits per heavy atom. The van der Waals surface area contributed by atoms with Gasteiger partial charge in [-0.25, -0.2) is 8.42 Å². The lowest BCUT2D eigenvalue weighted by molar-refractivity contribution is -0.117. The molecule has 0 heterocycles. The van der Waals surface area contributed by atoms with E-state index in [2.05, 4.69) is 26.0 Å². The zero-order valence-electron chi connectivity index (χ0n) is 13.4. The Morgan fingerprint density at radius 2 is 1.84 bits per heavy atom. The molecule has 1 amide bonds. The number of benzene rings is 2. The molecule has 2 N–H and O–H groups in total. The fourth-order valence-corrected chi connectivity index (χ4v) is 3.69. The van der Waals surface area contributed by atoms with Crippen molar-refractivity contribution in [1.82, 2.24) is 4.72 Å². The zero-order valence-corrected chi connectivity index (χ0v) is 16.6. The third-order valence-corrected chi connectivity index (χ3v) is 5.65. The molecule has 0 saturated heterocycles. The second-order valence-electron chi connectivity index (χ2n) is 5.14. The summed E-state index contributed by atoms with van der Waals surface area (Å²) in [5.41, 5.74) is 0.436. The van der Waals surface area contributed by atoms with Crippen molar-refractivity contribution in [3.8, 4) is 5.75 Å². The molecule has 134 valence electrons. The lowest BCUT2D eigenvalue weighted by Crippen LogP contribution is -2.41. The van der Waals surface area contributed by atoms with Gasteiger partial charge in [-0.15, -0.1) is 0 Å². The van der Waals surface area contributed by atoms with E-state index in [0.717, 1.165) is 4.47 Å². The average molecular weight is 448 g/mol. The van der Waals surface area contributed by atoms with Gasteiger partial charge in [0.25, 0.3) is 0 Å². The van der Waals surface area contributed by atoms with Crippen molar-refractivity contribution in [2.45, 2.75) is 17.9 Å². The molecule has 0 saturated carbocycles. The van der Waals surface area contributed by atoms with E-state index in [9.17, 15) is 13.2 Å². The van der Waals surface area contributed by atoms with Crippen molar-refractivity contribution >= 4 is 49.1 Å². The first kappa shape index (κ1) is 19.7. The minimum Gasteiger partial charge on any atom is -0.495 e. The van der Waals surface area contributed by atoms with Gasteiger partial charge in [-0.1, -0.05) is 27.5 Å². The third kappa shape index (κ3) is 5.18. The summed E-state index contributed by atoms with van der Waals surface area (Å²) in [7, 11) is -2.33. The van der Waals surface area contributed by atoms with Crippen LogP contribution in [0.2, 0.25) is 5.02 Å². The number of hydrogen-bond donors (Lipinski definition) is 2. The van der Waals surface area contributed by atoms with Crippen LogP contribution in [0.4, 0.5) is 5.69 Å². The minimum atomic E-state index is -3.81. The summed E-state index contributed by atoms with van der Waals surface area (Å²) in [4.78, 5) is 12.3. The number of sulfonamides is 1. The van der Waals surface area contributed by atoms with Gasteiger partial charge in [-0.2, -0.15) is 4.72 Å². The van der Waals surface area contributed by atoms with Gasteiger partial charge >= 0.3 is 0 Å². The van der Waals surface area contributed by atoms with Crippen LogP contribution in [-0.4, -0.2) is 27.5 Å². The normalized spacial score (nSPS) is 12.5. The molecule has 0 aliphatic carbocycles. The first-order valence-electron chi connectivity index (χ1n) is 7.15. The molecule has 0 spiro atoms. The standard InChI is InChI=1S/C16H16BrClN2O4S/c1-10(20-25(22,23)13-6-3-11(17)4-7-13)16(21)19-12-5-8-15(24-2)14(18)9-12/h3-10,20H,1-2H3,(H,19,21)/t10-/m0/s1. The molecule has 2 rings (SSSR count). The molecule has 0 fully saturated rings. The van der Waals surface area contributed by atoms with E-state index in [1.807, 2.05) is 0 Å². The summed E-state index contributed by atoms with van der Waals surface area (Å²) >= 11 is 9.24. The topological polar surface area (TPSA) is 84.5 Å². The molecule has 6 nitrogen and oxygen atoms in total. The minimum absolute atomic E-state index is 0.0721. The molecular weight excluding hydrogens is 432 g/mol. The second-order valence-corrected chi connectivity index (χ2v) is 8.17. The number of hydrogen-bond acceptors (Lipinski definition) is 4. The van der Waals surface area contributed by atoms with E-state index >= 15 is 0 Å². The fourth-order valence-electron chi connectivity index (χ4n) is 1.96. The molecular formula is C16H16BrClN2O4S. The average Bonchev–Trinajstić information content (AvgIpc) is 2.55. The fraction of sp³-hybridized carbons (Fsp3) is 0.188. The van der Waals surface area contributed by atoms with Crippen LogP contribution in [0.5, 0.6) is 5.75 Å². The predicted octanol–water partition coefficient (Wildman–Crippen LogP) is 3.42. The maximum absolute atomic E-state index is 12.3. The van der Waals surface area contributed by atoms with Crippen LogP contribution in [0, 0.1) is 0 Å². The molecule has 0 aromatic heterocycles. The number of nitrogens with one attached hydrogen (secondary N) is 2. The van der Waals surface area contributed by atoms with Crippen LogP contribution < -0.4 is 14.8 Å². The number of carbonyl (C=O) groups excluding carboxylic acids is 1. The van der Waals surface area contributed by atoms with Gasteiger partial charge in [0.2, 0.25) is 15.9 Å². The summed E-state index contributed by atoms with van der Waals surface area (Å²) in [5, 5.41) is 2.94. The Bertz CT molecular complexity index is 872. The molecule has 0 aliphatic heterocycles. The van der Waals surface area contributed by atoms with Crippen LogP contribution in [0.1, 0.15) is 6.92 Å². The highest BCUT2D eigenvalue weighted by molar-refractivity contribution is 9.10. The summed E-state index contributed by atoms with van der Waals surface area (Å²) in [6.45, 7) is 1.46. The summed E-state index contributed by atoms with van der Waals surface area (Å²) in [6, 6.07) is 9.87. The van der Waals surface area contributed by atoms with Crippen molar-refractivity contribution in [1.29, 1.82) is 0 Å². The number of anilines is 1. The van der Waals surface area contributed by atoms with Crippen molar-refractivity contribution in [2.75, 3.05) is 12.4 Å². The largest absolute Gasteiger partial charge is 0.495 e. The lowest BCUT2D eigenvalue weighted by Gasteiger charge is -2.15. The van der Waals surface area contributed by atoms with Crippen LogP contribution in [-0.2, 0) is 14.8 Å². The molecule has 0 aliphatic rings. The molecule has 2 aromatic rings. The van der Waals surface area contributed by atoms with E-state index < -0.39 is 22.0 Å². The van der Waals surface area contributed by atoms with Gasteiger partial charge in [-0.3, -0.25) is 4.79 Å². The van der Waals surface area contributed by atoms with Crippen LogP contribution >= 0.6 is 27.5 Å². The quantitative estimate of drug-likeness (QED) is 0.711. The Hall–Kier alpha value is -1.61. The summed E-state index contributed by atoms with van der Waals surface area (Å²) in [6.07, 6.45) is 0. The SMILES string of the molecule is COc1ccc(NC(=O)[C@H](C)NS(=O)(=O)c2ccc(Br)cc2)cc1Cl. The van der Waals surface area contributed by atoms with Crippen LogP contribution in [0.3, 0.4) is 0 Å². The number of amides is 1. The van der Waals surface area contributed by atoms with Crippen molar-refractivity contribution in [3.63, 3.8) is 0 Å². The van der Waals surface area contributed by atoms with E-state index in [0.29, 0.717) is 16.5 Å². The number of methoxy groups -OCH3 is 1. The number of rotatable bonds is 6. The lowest BCUT2D eigenvalue weighted by atomic mass is 10.2. The maximum atomic E-state index is 12.3. The Morgan fingerprint density at radius 1 is 1.20 bits per heavy atom. The second kappa shape index (κ2) is 8.18. The van der Waals surface area contributed by atoms with Gasteiger partial charge in [-0.05, 0) is 49.4 Å². The highest BCUT2D eigenvalue weighted by Gasteiger charge is 2.22. The van der Waals surface area contributed by atoms with E-state index in [1.54, 1.807) is 24.3 Å². The Labute approximate surface area is 159 Å². The summed E-state index contributed by atoms with van der Waals surface area (Å²) < 4.78 is 32.7.